The molecule has 0 aromatic heterocycles. The highest BCUT2D eigenvalue weighted by molar-refractivity contribution is 5.89. The number of carbonyl (C=O) groups is 2. The van der Waals surface area contributed by atoms with Gasteiger partial charge in [-0.05, 0) is 25.5 Å². The molecule has 1 atom stereocenters. The van der Waals surface area contributed by atoms with Crippen molar-refractivity contribution >= 4 is 11.8 Å². The molecule has 2 saturated heterocycles. The van der Waals surface area contributed by atoms with E-state index in [4.69, 9.17) is 4.74 Å². The van der Waals surface area contributed by atoms with Gasteiger partial charge in [-0.25, -0.2) is 0 Å². The second-order valence-electron chi connectivity index (χ2n) is 6.08. The monoisotopic (exact) mass is 302 g/mol. The van der Waals surface area contributed by atoms with Crippen LogP contribution >= 0.6 is 0 Å². The number of benzene rings is 1. The summed E-state index contributed by atoms with van der Waals surface area (Å²) in [5.41, 5.74) is 1.10. The molecule has 0 saturated carbocycles. The summed E-state index contributed by atoms with van der Waals surface area (Å²) in [5.74, 6) is 0.891. The van der Waals surface area contributed by atoms with Crippen LogP contribution in [0.15, 0.2) is 24.3 Å². The third-order valence-electron chi connectivity index (χ3n) is 4.49. The molecule has 118 valence electrons. The Morgan fingerprint density at radius 1 is 1.27 bits per heavy atom. The molecule has 5 nitrogen and oxygen atoms in total. The Morgan fingerprint density at radius 3 is 2.64 bits per heavy atom. The van der Waals surface area contributed by atoms with Crippen LogP contribution in [0.4, 0.5) is 0 Å². The summed E-state index contributed by atoms with van der Waals surface area (Å²) in [7, 11) is 0. The lowest BCUT2D eigenvalue weighted by Crippen LogP contribution is -2.57. The summed E-state index contributed by atoms with van der Waals surface area (Å²) >= 11 is 0. The number of aryl methyl sites for hydroxylation is 1. The predicted octanol–water partition coefficient (Wildman–Crippen LogP) is 1.45. The second kappa shape index (κ2) is 5.99. The van der Waals surface area contributed by atoms with Crippen molar-refractivity contribution in [3.05, 3.63) is 29.8 Å². The molecule has 2 fully saturated rings. The Morgan fingerprint density at radius 2 is 2.00 bits per heavy atom. The second-order valence-corrected chi connectivity index (χ2v) is 6.08. The summed E-state index contributed by atoms with van der Waals surface area (Å²) in [6.45, 7) is 6.43. The topological polar surface area (TPSA) is 49.9 Å². The summed E-state index contributed by atoms with van der Waals surface area (Å²) in [6, 6.07) is 7.90. The first-order valence-corrected chi connectivity index (χ1v) is 7.87. The number of ether oxygens (including phenoxy) is 1. The van der Waals surface area contributed by atoms with Crippen molar-refractivity contribution in [2.45, 2.75) is 26.4 Å². The fourth-order valence-electron chi connectivity index (χ4n) is 3.06. The third-order valence-corrected chi connectivity index (χ3v) is 4.49. The first kappa shape index (κ1) is 14.9. The van der Waals surface area contributed by atoms with Crippen molar-refractivity contribution < 1.29 is 14.3 Å². The minimum absolute atomic E-state index is 0.0597. The molecule has 1 aromatic carbocycles. The van der Waals surface area contributed by atoms with Crippen LogP contribution in [0.25, 0.3) is 0 Å². The van der Waals surface area contributed by atoms with Crippen molar-refractivity contribution in [3.63, 3.8) is 0 Å². The lowest BCUT2D eigenvalue weighted by atomic mass is 10.0. The molecule has 0 bridgehead atoms. The van der Waals surface area contributed by atoms with E-state index in [2.05, 4.69) is 0 Å². The Hall–Kier alpha value is -2.04. The Bertz CT molecular complexity index is 581. The van der Waals surface area contributed by atoms with Crippen molar-refractivity contribution in [3.8, 4) is 5.75 Å². The lowest BCUT2D eigenvalue weighted by Gasteiger charge is -2.40. The van der Waals surface area contributed by atoms with Crippen LogP contribution in [0, 0.1) is 12.8 Å². The molecule has 2 heterocycles. The van der Waals surface area contributed by atoms with Gasteiger partial charge in [-0.15, -0.1) is 0 Å². The average molecular weight is 302 g/mol. The molecule has 0 spiro atoms. The molecule has 0 aliphatic carbocycles. The van der Waals surface area contributed by atoms with Crippen LogP contribution in [-0.2, 0) is 9.59 Å². The number of hydrogen-bond acceptors (Lipinski definition) is 3. The van der Waals surface area contributed by atoms with Gasteiger partial charge in [-0.1, -0.05) is 18.2 Å². The molecule has 1 unspecified atom stereocenters. The highest BCUT2D eigenvalue weighted by Gasteiger charge is 2.40. The summed E-state index contributed by atoms with van der Waals surface area (Å²) in [5, 5.41) is 0. The number of hydrogen-bond donors (Lipinski definition) is 0. The van der Waals surface area contributed by atoms with E-state index in [1.807, 2.05) is 38.1 Å². The van der Waals surface area contributed by atoms with Gasteiger partial charge in [-0.2, -0.15) is 0 Å². The molecular formula is C17H22N2O3. The SMILES string of the molecule is CCN1CC(C(=O)N2CC(Oc3ccccc3C)C2)CC1=O. The van der Waals surface area contributed by atoms with Gasteiger partial charge in [-0.3, -0.25) is 9.59 Å². The zero-order valence-electron chi connectivity index (χ0n) is 13.1. The lowest BCUT2D eigenvalue weighted by molar-refractivity contribution is -0.144. The number of carbonyl (C=O) groups excluding carboxylic acids is 2. The van der Waals surface area contributed by atoms with E-state index in [-0.39, 0.29) is 23.8 Å². The van der Waals surface area contributed by atoms with E-state index >= 15 is 0 Å². The minimum Gasteiger partial charge on any atom is -0.486 e. The van der Waals surface area contributed by atoms with Gasteiger partial charge in [0.2, 0.25) is 11.8 Å². The number of nitrogens with zero attached hydrogens (tertiary/aromatic N) is 2. The van der Waals surface area contributed by atoms with E-state index < -0.39 is 0 Å². The molecule has 2 aliphatic heterocycles. The molecule has 0 radical (unpaired) electrons. The van der Waals surface area contributed by atoms with E-state index in [0.29, 0.717) is 32.6 Å². The molecule has 0 N–H and O–H groups in total. The Balaban J connectivity index is 1.50. The van der Waals surface area contributed by atoms with Gasteiger partial charge in [0, 0.05) is 19.5 Å². The summed E-state index contributed by atoms with van der Waals surface area (Å²) in [4.78, 5) is 27.7. The fourth-order valence-corrected chi connectivity index (χ4v) is 3.06. The Kier molecular flexibility index (Phi) is 4.05. The van der Waals surface area contributed by atoms with Crippen molar-refractivity contribution in [2.24, 2.45) is 5.92 Å². The van der Waals surface area contributed by atoms with Crippen LogP contribution in [0.5, 0.6) is 5.75 Å². The number of likely N-dealkylation sites (tertiary alicyclic amines) is 2. The third kappa shape index (κ3) is 2.80. The smallest absolute Gasteiger partial charge is 0.228 e. The van der Waals surface area contributed by atoms with Gasteiger partial charge in [0.05, 0.1) is 19.0 Å². The Labute approximate surface area is 130 Å². The van der Waals surface area contributed by atoms with Gasteiger partial charge in [0.1, 0.15) is 11.9 Å². The largest absolute Gasteiger partial charge is 0.486 e. The standard InChI is InChI=1S/C17H22N2O3/c1-3-18-9-13(8-16(18)20)17(21)19-10-14(11-19)22-15-7-5-4-6-12(15)2/h4-7,13-14H,3,8-11H2,1-2H3. The quantitative estimate of drug-likeness (QED) is 0.846. The maximum atomic E-state index is 12.4. The molecule has 5 heteroatoms. The molecule has 3 rings (SSSR count). The first-order valence-electron chi connectivity index (χ1n) is 7.87. The highest BCUT2D eigenvalue weighted by atomic mass is 16.5. The zero-order valence-corrected chi connectivity index (χ0v) is 13.1. The molecule has 1 aromatic rings. The van der Waals surface area contributed by atoms with Crippen molar-refractivity contribution in [2.75, 3.05) is 26.2 Å². The van der Waals surface area contributed by atoms with Crippen LogP contribution in [0.1, 0.15) is 18.9 Å². The maximum Gasteiger partial charge on any atom is 0.228 e. The van der Waals surface area contributed by atoms with Crippen LogP contribution in [0.3, 0.4) is 0 Å². The van der Waals surface area contributed by atoms with E-state index in [1.54, 1.807) is 9.80 Å². The molecule has 2 amide bonds. The predicted molar refractivity (Wildman–Crippen MR) is 82.5 cm³/mol. The zero-order chi connectivity index (χ0) is 15.7. The van der Waals surface area contributed by atoms with Gasteiger partial charge >= 0.3 is 0 Å². The molecule has 22 heavy (non-hydrogen) atoms. The number of amides is 2. The van der Waals surface area contributed by atoms with Crippen LogP contribution < -0.4 is 4.74 Å². The van der Waals surface area contributed by atoms with E-state index in [1.165, 1.54) is 0 Å². The number of para-hydroxylation sites is 1. The normalized spacial score (nSPS) is 21.9. The minimum atomic E-state index is -0.174. The van der Waals surface area contributed by atoms with Gasteiger partial charge in [0.25, 0.3) is 0 Å². The maximum absolute atomic E-state index is 12.4. The molecular weight excluding hydrogens is 280 g/mol. The van der Waals surface area contributed by atoms with E-state index in [9.17, 15) is 9.59 Å². The average Bonchev–Trinajstić information content (AvgIpc) is 2.84. The highest BCUT2D eigenvalue weighted by Crippen LogP contribution is 2.25. The summed E-state index contributed by atoms with van der Waals surface area (Å²) < 4.78 is 5.92. The first-order chi connectivity index (χ1) is 10.6. The van der Waals surface area contributed by atoms with Crippen LogP contribution in [-0.4, -0.2) is 53.9 Å². The van der Waals surface area contributed by atoms with Crippen molar-refractivity contribution in [1.29, 1.82) is 0 Å². The van der Waals surface area contributed by atoms with E-state index in [0.717, 1.165) is 11.3 Å². The van der Waals surface area contributed by atoms with Gasteiger partial charge in [0.15, 0.2) is 0 Å². The van der Waals surface area contributed by atoms with Crippen LogP contribution in [0.2, 0.25) is 0 Å². The number of rotatable bonds is 4. The fraction of sp³-hybridized carbons (Fsp3) is 0.529. The summed E-state index contributed by atoms with van der Waals surface area (Å²) in [6.07, 6.45) is 0.413. The molecule has 2 aliphatic rings. The van der Waals surface area contributed by atoms with Crippen molar-refractivity contribution in [1.82, 2.24) is 9.80 Å². The van der Waals surface area contributed by atoms with Gasteiger partial charge < -0.3 is 14.5 Å².